The van der Waals surface area contributed by atoms with Gasteiger partial charge < -0.3 is 14.8 Å². The third-order valence-corrected chi connectivity index (χ3v) is 6.70. The summed E-state index contributed by atoms with van der Waals surface area (Å²) < 4.78 is 10.6. The number of benzene rings is 1. The number of nitrogens with one attached hydrogen (secondary N) is 1. The molecule has 3 heterocycles. The molecule has 1 amide bonds. The van der Waals surface area contributed by atoms with Crippen molar-refractivity contribution in [2.45, 2.75) is 13.5 Å². The largest absolute Gasteiger partial charge is 0.451 e. The highest BCUT2D eigenvalue weighted by atomic mass is 32.1. The Morgan fingerprint density at radius 3 is 2.68 bits per heavy atom. The number of carbonyl (C=O) groups is 2. The summed E-state index contributed by atoms with van der Waals surface area (Å²) in [6.45, 7) is 5.67. The summed E-state index contributed by atoms with van der Waals surface area (Å²) in [5.74, 6) is -0.915. The SMILES string of the molecule is Cc1nc(-c2ccsc2)sc1C(=O)OCC(=O)Nc1ccc(CN2CCOCC2)cc1. The van der Waals surface area contributed by atoms with Crippen LogP contribution in [0.15, 0.2) is 41.1 Å². The fourth-order valence-corrected chi connectivity index (χ4v) is 4.87. The molecule has 1 aromatic carbocycles. The van der Waals surface area contributed by atoms with Crippen molar-refractivity contribution in [3.63, 3.8) is 0 Å². The molecule has 9 heteroatoms. The lowest BCUT2D eigenvalue weighted by Crippen LogP contribution is -2.35. The number of aromatic nitrogens is 1. The van der Waals surface area contributed by atoms with Crippen molar-refractivity contribution < 1.29 is 19.1 Å². The van der Waals surface area contributed by atoms with E-state index in [1.54, 1.807) is 18.3 Å². The third kappa shape index (κ3) is 5.76. The van der Waals surface area contributed by atoms with Crippen LogP contribution in [0.2, 0.25) is 0 Å². The van der Waals surface area contributed by atoms with E-state index < -0.39 is 5.97 Å². The minimum atomic E-state index is -0.535. The van der Waals surface area contributed by atoms with Crippen molar-refractivity contribution in [2.24, 2.45) is 0 Å². The predicted octanol–water partition coefficient (Wildman–Crippen LogP) is 3.81. The topological polar surface area (TPSA) is 80.8 Å². The van der Waals surface area contributed by atoms with Crippen molar-refractivity contribution in [1.29, 1.82) is 0 Å². The zero-order valence-corrected chi connectivity index (χ0v) is 18.8. The summed E-state index contributed by atoms with van der Waals surface area (Å²) in [6.07, 6.45) is 0. The number of aryl methyl sites for hydroxylation is 1. The summed E-state index contributed by atoms with van der Waals surface area (Å²) in [6, 6.07) is 9.65. The highest BCUT2D eigenvalue weighted by Crippen LogP contribution is 2.29. The molecule has 4 rings (SSSR count). The molecule has 1 aliphatic rings. The number of amides is 1. The summed E-state index contributed by atoms with van der Waals surface area (Å²) >= 11 is 2.85. The van der Waals surface area contributed by atoms with Crippen LogP contribution in [-0.4, -0.2) is 54.7 Å². The van der Waals surface area contributed by atoms with Gasteiger partial charge in [-0.25, -0.2) is 9.78 Å². The first-order valence-corrected chi connectivity index (χ1v) is 11.7. The van der Waals surface area contributed by atoms with Gasteiger partial charge in [-0.1, -0.05) is 12.1 Å². The molecule has 0 spiro atoms. The van der Waals surface area contributed by atoms with Gasteiger partial charge >= 0.3 is 5.97 Å². The fourth-order valence-electron chi connectivity index (χ4n) is 3.20. The second-order valence-electron chi connectivity index (χ2n) is 7.16. The molecular formula is C22H23N3O4S2. The zero-order chi connectivity index (χ0) is 21.6. The van der Waals surface area contributed by atoms with E-state index in [1.807, 2.05) is 41.1 Å². The average molecular weight is 458 g/mol. The van der Waals surface area contributed by atoms with E-state index in [-0.39, 0.29) is 12.5 Å². The number of hydrogen-bond donors (Lipinski definition) is 1. The molecule has 162 valence electrons. The van der Waals surface area contributed by atoms with E-state index in [0.29, 0.717) is 16.3 Å². The Hall–Kier alpha value is -2.59. The van der Waals surface area contributed by atoms with Gasteiger partial charge in [-0.05, 0) is 36.1 Å². The van der Waals surface area contributed by atoms with Crippen LogP contribution in [0, 0.1) is 6.92 Å². The van der Waals surface area contributed by atoms with Gasteiger partial charge in [0.15, 0.2) is 6.61 Å². The lowest BCUT2D eigenvalue weighted by molar-refractivity contribution is -0.119. The van der Waals surface area contributed by atoms with Crippen LogP contribution in [-0.2, 0) is 20.8 Å². The van der Waals surface area contributed by atoms with E-state index in [4.69, 9.17) is 9.47 Å². The summed E-state index contributed by atoms with van der Waals surface area (Å²) in [4.78, 5) is 31.8. The Labute approximate surface area is 188 Å². The number of thiazole rings is 1. The third-order valence-electron chi connectivity index (χ3n) is 4.83. The molecule has 1 N–H and O–H groups in total. The predicted molar refractivity (Wildman–Crippen MR) is 122 cm³/mol. The molecule has 1 fully saturated rings. The highest BCUT2D eigenvalue weighted by molar-refractivity contribution is 7.17. The number of hydrogen-bond acceptors (Lipinski definition) is 8. The number of esters is 1. The number of carbonyl (C=O) groups excluding carboxylic acids is 2. The Balaban J connectivity index is 1.26. The smallest absolute Gasteiger partial charge is 0.350 e. The molecule has 31 heavy (non-hydrogen) atoms. The number of nitrogens with zero attached hydrogens (tertiary/aromatic N) is 2. The molecule has 0 unspecified atom stereocenters. The Bertz CT molecular complexity index is 1030. The van der Waals surface area contributed by atoms with E-state index in [2.05, 4.69) is 15.2 Å². The number of thiophene rings is 1. The molecule has 0 bridgehead atoms. The van der Waals surface area contributed by atoms with Crippen LogP contribution in [0.5, 0.6) is 0 Å². The van der Waals surface area contributed by atoms with E-state index in [0.717, 1.165) is 43.4 Å². The van der Waals surface area contributed by atoms with Crippen LogP contribution < -0.4 is 5.32 Å². The Kier molecular flexibility index (Phi) is 7.08. The first kappa shape index (κ1) is 21.6. The molecule has 2 aromatic heterocycles. The van der Waals surface area contributed by atoms with Crippen LogP contribution in [0.25, 0.3) is 10.6 Å². The van der Waals surface area contributed by atoms with Crippen LogP contribution >= 0.6 is 22.7 Å². The molecule has 3 aromatic rings. The van der Waals surface area contributed by atoms with Crippen molar-refractivity contribution in [3.8, 4) is 10.6 Å². The summed E-state index contributed by atoms with van der Waals surface area (Å²) in [7, 11) is 0. The summed E-state index contributed by atoms with van der Waals surface area (Å²) in [5, 5.41) is 7.47. The minimum absolute atomic E-state index is 0.348. The van der Waals surface area contributed by atoms with E-state index in [9.17, 15) is 9.59 Å². The second-order valence-corrected chi connectivity index (χ2v) is 8.93. The number of anilines is 1. The van der Waals surface area contributed by atoms with Gasteiger partial charge in [0.1, 0.15) is 9.88 Å². The molecule has 0 aliphatic carbocycles. The van der Waals surface area contributed by atoms with Crippen molar-refractivity contribution in [3.05, 3.63) is 57.2 Å². The number of rotatable bonds is 7. The van der Waals surface area contributed by atoms with Crippen LogP contribution in [0.3, 0.4) is 0 Å². The second kappa shape index (κ2) is 10.1. The minimum Gasteiger partial charge on any atom is -0.451 e. The van der Waals surface area contributed by atoms with Gasteiger partial charge in [-0.15, -0.1) is 11.3 Å². The first-order chi connectivity index (χ1) is 15.1. The quantitative estimate of drug-likeness (QED) is 0.544. The van der Waals surface area contributed by atoms with Gasteiger partial charge in [-0.2, -0.15) is 11.3 Å². The van der Waals surface area contributed by atoms with E-state index >= 15 is 0 Å². The zero-order valence-electron chi connectivity index (χ0n) is 17.1. The van der Waals surface area contributed by atoms with Gasteiger partial charge in [0, 0.05) is 36.3 Å². The first-order valence-electron chi connectivity index (χ1n) is 9.94. The van der Waals surface area contributed by atoms with Crippen molar-refractivity contribution >= 4 is 40.2 Å². The molecule has 1 saturated heterocycles. The van der Waals surface area contributed by atoms with Crippen LogP contribution in [0.4, 0.5) is 5.69 Å². The maximum atomic E-state index is 12.4. The molecule has 0 saturated carbocycles. The van der Waals surface area contributed by atoms with Gasteiger partial charge in [0.2, 0.25) is 0 Å². The monoisotopic (exact) mass is 457 g/mol. The van der Waals surface area contributed by atoms with E-state index in [1.165, 1.54) is 16.9 Å². The standard InChI is InChI=1S/C22H23N3O4S2/c1-15-20(31-21(23-15)17-6-11-30-14-17)22(27)29-13-19(26)24-18-4-2-16(3-5-18)12-25-7-9-28-10-8-25/h2-6,11,14H,7-10,12-13H2,1H3,(H,24,26). The number of ether oxygens (including phenoxy) is 2. The maximum absolute atomic E-state index is 12.4. The average Bonchev–Trinajstić information content (AvgIpc) is 3.44. The van der Waals surface area contributed by atoms with Gasteiger partial charge in [-0.3, -0.25) is 9.69 Å². The van der Waals surface area contributed by atoms with Crippen molar-refractivity contribution in [1.82, 2.24) is 9.88 Å². The summed E-state index contributed by atoms with van der Waals surface area (Å²) in [5.41, 5.74) is 3.42. The number of morpholine rings is 1. The molecule has 0 radical (unpaired) electrons. The molecule has 7 nitrogen and oxygen atoms in total. The lowest BCUT2D eigenvalue weighted by Gasteiger charge is -2.26. The van der Waals surface area contributed by atoms with Crippen molar-refractivity contribution in [2.75, 3.05) is 38.2 Å². The molecular weight excluding hydrogens is 434 g/mol. The maximum Gasteiger partial charge on any atom is 0.350 e. The Morgan fingerprint density at radius 2 is 1.97 bits per heavy atom. The van der Waals surface area contributed by atoms with Crippen LogP contribution in [0.1, 0.15) is 20.9 Å². The Morgan fingerprint density at radius 1 is 1.19 bits per heavy atom. The molecule has 1 aliphatic heterocycles. The van der Waals surface area contributed by atoms with Gasteiger partial charge in [0.05, 0.1) is 18.9 Å². The molecule has 0 atom stereocenters. The van der Waals surface area contributed by atoms with Gasteiger partial charge in [0.25, 0.3) is 5.91 Å². The fraction of sp³-hybridized carbons (Fsp3) is 0.318. The normalized spacial score (nSPS) is 14.4. The highest BCUT2D eigenvalue weighted by Gasteiger charge is 2.19. The lowest BCUT2D eigenvalue weighted by atomic mass is 10.2.